The van der Waals surface area contributed by atoms with Gasteiger partial charge in [-0.3, -0.25) is 5.10 Å². The van der Waals surface area contributed by atoms with Crippen LogP contribution in [0.2, 0.25) is 5.02 Å². The summed E-state index contributed by atoms with van der Waals surface area (Å²) in [6.07, 6.45) is -4.68. The largest absolute Gasteiger partial charge is 0.481 e. The number of hydrogen-bond acceptors (Lipinski definition) is 5. The molecule has 2 aromatic heterocycles. The van der Waals surface area contributed by atoms with Crippen LogP contribution < -0.4 is 10.5 Å². The van der Waals surface area contributed by atoms with Gasteiger partial charge in [-0.05, 0) is 6.07 Å². The third kappa shape index (κ3) is 2.57. The lowest BCUT2D eigenvalue weighted by atomic mass is 10.1. The van der Waals surface area contributed by atoms with E-state index in [-0.39, 0.29) is 27.8 Å². The number of aromatic nitrogens is 3. The first-order valence-electron chi connectivity index (χ1n) is 5.35. The molecule has 0 aromatic carbocycles. The van der Waals surface area contributed by atoms with Gasteiger partial charge in [-0.2, -0.15) is 23.5 Å². The van der Waals surface area contributed by atoms with E-state index in [4.69, 9.17) is 22.6 Å². The van der Waals surface area contributed by atoms with Gasteiger partial charge in [0.15, 0.2) is 5.82 Å². The highest BCUT2D eigenvalue weighted by atomic mass is 35.5. The van der Waals surface area contributed by atoms with Gasteiger partial charge in [0.25, 0.3) is 0 Å². The van der Waals surface area contributed by atoms with Crippen LogP contribution in [-0.4, -0.2) is 22.3 Å². The zero-order valence-electron chi connectivity index (χ0n) is 10.4. The van der Waals surface area contributed by atoms with E-state index in [9.17, 15) is 13.2 Å². The van der Waals surface area contributed by atoms with E-state index >= 15 is 0 Å². The number of aromatic amines is 1. The second kappa shape index (κ2) is 5.14. The lowest BCUT2D eigenvalue weighted by molar-refractivity contribution is -0.139. The van der Waals surface area contributed by atoms with Gasteiger partial charge < -0.3 is 10.5 Å². The van der Waals surface area contributed by atoms with Crippen molar-refractivity contribution in [3.63, 3.8) is 0 Å². The molecule has 6 nitrogen and oxygen atoms in total. The molecule has 2 heterocycles. The Morgan fingerprint density at radius 3 is 2.67 bits per heavy atom. The molecule has 0 saturated carbocycles. The number of nitriles is 1. The average Bonchev–Trinajstić information content (AvgIpc) is 2.78. The van der Waals surface area contributed by atoms with Crippen molar-refractivity contribution >= 4 is 17.4 Å². The molecule has 21 heavy (non-hydrogen) atoms. The van der Waals surface area contributed by atoms with Crippen LogP contribution in [0, 0.1) is 11.3 Å². The Balaban J connectivity index is 2.70. The summed E-state index contributed by atoms with van der Waals surface area (Å²) in [7, 11) is 1.04. The highest BCUT2D eigenvalue weighted by Crippen LogP contribution is 2.40. The molecule has 10 heteroatoms. The molecule has 0 fully saturated rings. The van der Waals surface area contributed by atoms with Crippen LogP contribution in [0.3, 0.4) is 0 Å². The minimum absolute atomic E-state index is 0.0204. The number of anilines is 1. The molecule has 0 bridgehead atoms. The zero-order valence-corrected chi connectivity index (χ0v) is 11.2. The topological polar surface area (TPSA) is 101 Å². The van der Waals surface area contributed by atoms with E-state index in [1.807, 2.05) is 0 Å². The number of methoxy groups -OCH3 is 1. The molecule has 3 N–H and O–H groups in total. The number of pyridine rings is 1. The van der Waals surface area contributed by atoms with E-state index in [0.717, 1.165) is 7.11 Å². The highest BCUT2D eigenvalue weighted by Gasteiger charge is 2.36. The Morgan fingerprint density at radius 1 is 1.48 bits per heavy atom. The summed E-state index contributed by atoms with van der Waals surface area (Å²) in [6.45, 7) is 0. The summed E-state index contributed by atoms with van der Waals surface area (Å²) in [5.74, 6) is -0.775. The monoisotopic (exact) mass is 317 g/mol. The first-order valence-corrected chi connectivity index (χ1v) is 5.73. The van der Waals surface area contributed by atoms with Gasteiger partial charge in [-0.15, -0.1) is 0 Å². The third-order valence-corrected chi connectivity index (χ3v) is 2.87. The van der Waals surface area contributed by atoms with Crippen molar-refractivity contribution in [3.8, 4) is 23.3 Å². The maximum atomic E-state index is 12.8. The normalized spacial score (nSPS) is 11.2. The first kappa shape index (κ1) is 14.9. The molecule has 0 aliphatic heterocycles. The number of alkyl halides is 3. The Labute approximate surface area is 121 Å². The minimum atomic E-state index is -4.68. The Morgan fingerprint density at radius 2 is 2.14 bits per heavy atom. The summed E-state index contributed by atoms with van der Waals surface area (Å²) in [4.78, 5) is 3.70. The zero-order chi connectivity index (χ0) is 15.8. The molecule has 0 amide bonds. The van der Waals surface area contributed by atoms with Gasteiger partial charge in [0.05, 0.1) is 12.1 Å². The quantitative estimate of drug-likeness (QED) is 0.886. The van der Waals surface area contributed by atoms with Crippen molar-refractivity contribution in [3.05, 3.63) is 22.2 Å². The molecular weight excluding hydrogens is 311 g/mol. The summed E-state index contributed by atoms with van der Waals surface area (Å²) >= 11 is 5.82. The number of nitrogens with one attached hydrogen (secondary N) is 1. The maximum absolute atomic E-state index is 12.8. The number of rotatable bonds is 2. The van der Waals surface area contributed by atoms with Gasteiger partial charge in [0.1, 0.15) is 28.6 Å². The van der Waals surface area contributed by atoms with E-state index in [1.54, 1.807) is 6.07 Å². The van der Waals surface area contributed by atoms with Gasteiger partial charge in [0.2, 0.25) is 5.88 Å². The second-order valence-electron chi connectivity index (χ2n) is 3.84. The number of hydrogen-bond donors (Lipinski definition) is 2. The van der Waals surface area contributed by atoms with Crippen LogP contribution >= 0.6 is 11.6 Å². The van der Waals surface area contributed by atoms with E-state index in [1.165, 1.54) is 0 Å². The number of ether oxygens (including phenoxy) is 1. The van der Waals surface area contributed by atoms with Gasteiger partial charge in [-0.1, -0.05) is 11.6 Å². The van der Waals surface area contributed by atoms with Gasteiger partial charge in [0, 0.05) is 0 Å². The molecule has 110 valence electrons. The summed E-state index contributed by atoms with van der Waals surface area (Å²) < 4.78 is 43.1. The molecule has 0 spiro atoms. The molecule has 0 unspecified atom stereocenters. The van der Waals surface area contributed by atoms with Gasteiger partial charge in [-0.25, -0.2) is 4.98 Å². The molecule has 0 atom stereocenters. The first-order chi connectivity index (χ1) is 9.79. The van der Waals surface area contributed by atoms with Crippen LogP contribution in [0.15, 0.2) is 6.07 Å². The molecule has 2 rings (SSSR count). The Kier molecular flexibility index (Phi) is 3.65. The fourth-order valence-corrected chi connectivity index (χ4v) is 1.89. The standard InChI is InChI=1S/C11H7ClF3N5O/c1-21-10-5(11(13,14)15)2-6(12)8(18-10)7-4(3-16)9(17)20-19-7/h2H,1H3,(H3,17,19,20). The lowest BCUT2D eigenvalue weighted by Crippen LogP contribution is -2.09. The van der Waals surface area contributed by atoms with E-state index in [2.05, 4.69) is 19.9 Å². The average molecular weight is 318 g/mol. The number of halogens is 4. The lowest BCUT2D eigenvalue weighted by Gasteiger charge is -2.13. The van der Waals surface area contributed by atoms with Crippen LogP contribution in [0.5, 0.6) is 5.88 Å². The predicted octanol–water partition coefficient (Wildman–Crippen LogP) is 2.61. The fraction of sp³-hybridized carbons (Fsp3) is 0.182. The predicted molar refractivity (Wildman–Crippen MR) is 67.5 cm³/mol. The number of nitrogen functional groups attached to an aromatic ring is 1. The molecule has 2 aromatic rings. The van der Waals surface area contributed by atoms with Crippen LogP contribution in [0.25, 0.3) is 11.4 Å². The Bertz CT molecular complexity index is 735. The van der Waals surface area contributed by atoms with Crippen LogP contribution in [0.4, 0.5) is 19.0 Å². The third-order valence-electron chi connectivity index (χ3n) is 2.58. The van der Waals surface area contributed by atoms with Crippen LogP contribution in [0.1, 0.15) is 11.1 Å². The molecular formula is C11H7ClF3N5O. The Hall–Kier alpha value is -2.47. The molecule has 0 aliphatic rings. The van der Waals surface area contributed by atoms with Crippen molar-refractivity contribution < 1.29 is 17.9 Å². The van der Waals surface area contributed by atoms with Crippen molar-refractivity contribution in [1.29, 1.82) is 5.26 Å². The maximum Gasteiger partial charge on any atom is 0.421 e. The minimum Gasteiger partial charge on any atom is -0.481 e. The number of nitrogens with two attached hydrogens (primary N) is 1. The number of H-pyrrole nitrogens is 1. The van der Waals surface area contributed by atoms with Crippen molar-refractivity contribution in [2.24, 2.45) is 0 Å². The van der Waals surface area contributed by atoms with Crippen LogP contribution in [-0.2, 0) is 6.18 Å². The molecule has 0 radical (unpaired) electrons. The van der Waals surface area contributed by atoms with E-state index in [0.29, 0.717) is 6.07 Å². The second-order valence-corrected chi connectivity index (χ2v) is 4.25. The number of nitrogens with zero attached hydrogens (tertiary/aromatic N) is 3. The molecule has 0 saturated heterocycles. The highest BCUT2D eigenvalue weighted by molar-refractivity contribution is 6.33. The van der Waals surface area contributed by atoms with Crippen molar-refractivity contribution in [2.75, 3.05) is 12.8 Å². The molecule has 0 aliphatic carbocycles. The van der Waals surface area contributed by atoms with Crippen molar-refractivity contribution in [2.45, 2.75) is 6.18 Å². The smallest absolute Gasteiger partial charge is 0.421 e. The summed E-state index contributed by atoms with van der Waals surface area (Å²) in [5, 5.41) is 14.7. The van der Waals surface area contributed by atoms with E-state index < -0.39 is 17.6 Å². The van der Waals surface area contributed by atoms with Gasteiger partial charge >= 0.3 is 6.18 Å². The van der Waals surface area contributed by atoms with Crippen molar-refractivity contribution in [1.82, 2.24) is 15.2 Å². The SMILES string of the molecule is COc1nc(-c2[nH]nc(N)c2C#N)c(Cl)cc1C(F)(F)F. The summed E-state index contributed by atoms with van der Waals surface area (Å²) in [5.41, 5.74) is 4.19. The summed E-state index contributed by atoms with van der Waals surface area (Å²) in [6, 6.07) is 2.44. The fourth-order valence-electron chi connectivity index (χ4n) is 1.65.